The van der Waals surface area contributed by atoms with Gasteiger partial charge in [-0.15, -0.1) is 12.4 Å². The van der Waals surface area contributed by atoms with Gasteiger partial charge in [-0.05, 0) is 31.5 Å². The van der Waals surface area contributed by atoms with E-state index in [4.69, 9.17) is 0 Å². The summed E-state index contributed by atoms with van der Waals surface area (Å²) in [6.45, 7) is 7.25. The van der Waals surface area contributed by atoms with Crippen LogP contribution in [0.25, 0.3) is 0 Å². The first-order chi connectivity index (χ1) is 11.0. The van der Waals surface area contributed by atoms with Crippen LogP contribution in [0.3, 0.4) is 0 Å². The molecule has 1 saturated heterocycles. The molecule has 0 bridgehead atoms. The highest BCUT2D eigenvalue weighted by Crippen LogP contribution is 2.37. The lowest BCUT2D eigenvalue weighted by atomic mass is 9.98. The second kappa shape index (κ2) is 9.51. The molecule has 0 spiro atoms. The minimum Gasteiger partial charge on any atom is -0.390 e. The normalized spacial score (nSPS) is 17.2. The molecule has 1 atom stereocenters. The van der Waals surface area contributed by atoms with Gasteiger partial charge in [-0.25, -0.2) is 8.78 Å². The molecule has 138 valence electrons. The molecule has 0 amide bonds. The highest BCUT2D eigenvalue weighted by Gasteiger charge is 2.43. The van der Waals surface area contributed by atoms with E-state index in [2.05, 4.69) is 24.1 Å². The topological polar surface area (TPSA) is 38.7 Å². The number of anilines is 1. The van der Waals surface area contributed by atoms with Gasteiger partial charge in [0.2, 0.25) is 0 Å². The summed E-state index contributed by atoms with van der Waals surface area (Å²) in [6.07, 6.45) is 0. The first kappa shape index (κ1) is 21.1. The summed E-state index contributed by atoms with van der Waals surface area (Å²) in [5, 5.41) is 12.3. The van der Waals surface area contributed by atoms with Crippen LogP contribution in [0.1, 0.15) is 25.5 Å². The summed E-state index contributed by atoms with van der Waals surface area (Å²) in [4.78, 5) is 3.94. The summed E-state index contributed by atoms with van der Waals surface area (Å²) in [6, 6.07) is 6.24. The lowest BCUT2D eigenvalue weighted by Crippen LogP contribution is -2.51. The number of piperazine rings is 1. The van der Waals surface area contributed by atoms with Crippen LogP contribution < -0.4 is 10.2 Å². The van der Waals surface area contributed by atoms with E-state index >= 15 is 0 Å². The van der Waals surface area contributed by atoms with E-state index in [-0.39, 0.29) is 12.4 Å². The van der Waals surface area contributed by atoms with Gasteiger partial charge in [0.05, 0.1) is 0 Å². The molecule has 2 rings (SSSR count). The number of nitrogens with one attached hydrogen (secondary N) is 1. The number of benzene rings is 1. The molecule has 1 aromatic rings. The van der Waals surface area contributed by atoms with Gasteiger partial charge in [0.1, 0.15) is 12.6 Å². The molecule has 1 aliphatic heterocycles. The predicted molar refractivity (Wildman–Crippen MR) is 96.5 cm³/mol. The molecule has 1 aliphatic rings. The zero-order chi connectivity index (χ0) is 16.9. The maximum Gasteiger partial charge on any atom is 0.289 e. The summed E-state index contributed by atoms with van der Waals surface area (Å²) < 4.78 is 28.7. The molecule has 0 unspecified atom stereocenters. The average Bonchev–Trinajstić information content (AvgIpc) is 2.58. The second-order valence-corrected chi connectivity index (χ2v) is 5.87. The molecule has 7 heteroatoms. The molecule has 1 fully saturated rings. The van der Waals surface area contributed by atoms with E-state index in [1.54, 1.807) is 17.0 Å². The van der Waals surface area contributed by atoms with Gasteiger partial charge in [-0.2, -0.15) is 0 Å². The van der Waals surface area contributed by atoms with Gasteiger partial charge in [-0.3, -0.25) is 4.90 Å². The number of nitrogens with zero attached hydrogens (tertiary/aromatic N) is 2. The largest absolute Gasteiger partial charge is 0.390 e. The van der Waals surface area contributed by atoms with Crippen molar-refractivity contribution < 1.29 is 13.9 Å². The van der Waals surface area contributed by atoms with Crippen LogP contribution in [-0.2, 0) is 0 Å². The van der Waals surface area contributed by atoms with Crippen molar-refractivity contribution in [3.8, 4) is 0 Å². The Bertz CT molecular complexity index is 477. The van der Waals surface area contributed by atoms with E-state index < -0.39 is 18.6 Å². The van der Waals surface area contributed by atoms with Crippen LogP contribution in [0.15, 0.2) is 24.3 Å². The van der Waals surface area contributed by atoms with Crippen molar-refractivity contribution in [3.05, 3.63) is 29.8 Å². The van der Waals surface area contributed by atoms with Crippen LogP contribution >= 0.6 is 12.4 Å². The SMILES string of the molecule is CCN(CC)c1ccc([C@@H](N2CCNCC2)C(F)(F)CO)cc1.Cl. The highest BCUT2D eigenvalue weighted by atomic mass is 35.5. The maximum absolute atomic E-state index is 14.4. The predicted octanol–water partition coefficient (Wildman–Crippen LogP) is 2.53. The van der Waals surface area contributed by atoms with Crippen molar-refractivity contribution in [1.82, 2.24) is 10.2 Å². The number of rotatable bonds is 7. The fraction of sp³-hybridized carbons (Fsp3) is 0.647. The van der Waals surface area contributed by atoms with E-state index in [0.29, 0.717) is 31.7 Å². The fourth-order valence-electron chi connectivity index (χ4n) is 3.20. The third-order valence-electron chi connectivity index (χ3n) is 4.47. The zero-order valence-corrected chi connectivity index (χ0v) is 15.2. The van der Waals surface area contributed by atoms with Crippen LogP contribution in [0.4, 0.5) is 14.5 Å². The number of alkyl halides is 2. The van der Waals surface area contributed by atoms with Gasteiger partial charge < -0.3 is 15.3 Å². The molecular weight excluding hydrogens is 336 g/mol. The van der Waals surface area contributed by atoms with Gasteiger partial charge in [0.15, 0.2) is 0 Å². The van der Waals surface area contributed by atoms with Crippen molar-refractivity contribution >= 4 is 18.1 Å². The van der Waals surface area contributed by atoms with Crippen molar-refractivity contribution in [2.75, 3.05) is 50.8 Å². The molecule has 0 saturated carbocycles. The molecule has 0 aliphatic carbocycles. The van der Waals surface area contributed by atoms with E-state index in [9.17, 15) is 13.9 Å². The Balaban J connectivity index is 0.00000288. The fourth-order valence-corrected chi connectivity index (χ4v) is 3.20. The van der Waals surface area contributed by atoms with E-state index in [0.717, 1.165) is 18.8 Å². The number of aliphatic hydroxyl groups excluding tert-OH is 1. The average molecular weight is 364 g/mol. The molecule has 0 aromatic heterocycles. The lowest BCUT2D eigenvalue weighted by molar-refractivity contribution is -0.118. The van der Waals surface area contributed by atoms with Crippen LogP contribution in [-0.4, -0.2) is 61.8 Å². The molecule has 1 aromatic carbocycles. The standard InChI is InChI=1S/C17H27F2N3O.ClH/c1-3-21(4-2)15-7-5-14(6-8-15)16(17(18,19)13-23)22-11-9-20-10-12-22;/h5-8,16,20,23H,3-4,9-13H2,1-2H3;1H/t16-;/m1./s1. The molecule has 0 radical (unpaired) electrons. The monoisotopic (exact) mass is 363 g/mol. The highest BCUT2D eigenvalue weighted by molar-refractivity contribution is 5.85. The number of aliphatic hydroxyl groups is 1. The van der Waals surface area contributed by atoms with E-state index in [1.165, 1.54) is 0 Å². The van der Waals surface area contributed by atoms with Crippen molar-refractivity contribution in [2.24, 2.45) is 0 Å². The Hall–Kier alpha value is -0.950. The Labute approximate surface area is 149 Å². The Morgan fingerprint density at radius 2 is 1.71 bits per heavy atom. The smallest absolute Gasteiger partial charge is 0.289 e. The lowest BCUT2D eigenvalue weighted by Gasteiger charge is -2.39. The zero-order valence-electron chi connectivity index (χ0n) is 14.3. The summed E-state index contributed by atoms with van der Waals surface area (Å²) in [7, 11) is 0. The van der Waals surface area contributed by atoms with Crippen molar-refractivity contribution in [3.63, 3.8) is 0 Å². The van der Waals surface area contributed by atoms with Crippen LogP contribution in [0.2, 0.25) is 0 Å². The molecule has 1 heterocycles. The molecular formula is C17H28ClF2N3O. The first-order valence-corrected chi connectivity index (χ1v) is 8.31. The minimum absolute atomic E-state index is 0. The third kappa shape index (κ3) is 4.79. The van der Waals surface area contributed by atoms with Crippen molar-refractivity contribution in [1.29, 1.82) is 0 Å². The van der Waals surface area contributed by atoms with Gasteiger partial charge in [0.25, 0.3) is 5.92 Å². The van der Waals surface area contributed by atoms with E-state index in [1.807, 2.05) is 12.1 Å². The van der Waals surface area contributed by atoms with Crippen LogP contribution in [0.5, 0.6) is 0 Å². The number of hydrogen-bond acceptors (Lipinski definition) is 4. The Morgan fingerprint density at radius 1 is 1.17 bits per heavy atom. The van der Waals surface area contributed by atoms with Gasteiger partial charge in [0, 0.05) is 45.0 Å². The summed E-state index contributed by atoms with van der Waals surface area (Å²) >= 11 is 0. The number of halogens is 3. The van der Waals surface area contributed by atoms with Crippen LogP contribution in [0, 0.1) is 0 Å². The van der Waals surface area contributed by atoms with Crippen molar-refractivity contribution in [2.45, 2.75) is 25.8 Å². The quantitative estimate of drug-likeness (QED) is 0.781. The molecule has 2 N–H and O–H groups in total. The Kier molecular flexibility index (Phi) is 8.36. The van der Waals surface area contributed by atoms with Gasteiger partial charge in [-0.1, -0.05) is 12.1 Å². The molecule has 4 nitrogen and oxygen atoms in total. The third-order valence-corrected chi connectivity index (χ3v) is 4.47. The number of hydrogen-bond donors (Lipinski definition) is 2. The Morgan fingerprint density at radius 3 is 2.17 bits per heavy atom. The molecule has 24 heavy (non-hydrogen) atoms. The minimum atomic E-state index is -3.16. The summed E-state index contributed by atoms with van der Waals surface area (Å²) in [5.74, 6) is -3.16. The summed E-state index contributed by atoms with van der Waals surface area (Å²) in [5.41, 5.74) is 1.59. The maximum atomic E-state index is 14.4. The first-order valence-electron chi connectivity index (χ1n) is 8.31. The van der Waals surface area contributed by atoms with Gasteiger partial charge >= 0.3 is 0 Å². The second-order valence-electron chi connectivity index (χ2n) is 5.87.